The van der Waals surface area contributed by atoms with Crippen LogP contribution in [0.15, 0.2) is 0 Å². The number of piperidine rings is 1. The molecule has 0 spiro atoms. The summed E-state index contributed by atoms with van der Waals surface area (Å²) in [5.41, 5.74) is 0. The van der Waals surface area contributed by atoms with Crippen LogP contribution >= 0.6 is 0 Å². The van der Waals surface area contributed by atoms with Crippen molar-refractivity contribution in [1.82, 2.24) is 9.80 Å². The fraction of sp³-hybridized carbons (Fsp3) is 1.00. The van der Waals surface area contributed by atoms with E-state index in [0.717, 1.165) is 38.7 Å². The standard InChI is InChI=1S/C13H26N2O4S/c1-11(2)14-6-4-12(5-7-14)15-8-13(18-10-15)9-19-20(3,16)17/h11-13H,4-10H2,1-3H3. The van der Waals surface area contributed by atoms with Crippen LogP contribution in [0.5, 0.6) is 0 Å². The van der Waals surface area contributed by atoms with Crippen molar-refractivity contribution in [2.75, 3.05) is 39.2 Å². The van der Waals surface area contributed by atoms with Crippen molar-refractivity contribution in [2.24, 2.45) is 0 Å². The van der Waals surface area contributed by atoms with Gasteiger partial charge in [0, 0.05) is 18.6 Å². The smallest absolute Gasteiger partial charge is 0.264 e. The number of hydrogen-bond donors (Lipinski definition) is 0. The summed E-state index contributed by atoms with van der Waals surface area (Å²) in [6, 6.07) is 1.16. The van der Waals surface area contributed by atoms with Crippen molar-refractivity contribution in [1.29, 1.82) is 0 Å². The van der Waals surface area contributed by atoms with E-state index in [0.29, 0.717) is 18.8 Å². The molecule has 1 unspecified atom stereocenters. The Morgan fingerprint density at radius 1 is 1.30 bits per heavy atom. The van der Waals surface area contributed by atoms with Crippen LogP contribution in [0, 0.1) is 0 Å². The van der Waals surface area contributed by atoms with Gasteiger partial charge in [0.05, 0.1) is 25.7 Å². The largest absolute Gasteiger partial charge is 0.359 e. The first-order valence-electron chi connectivity index (χ1n) is 7.29. The fourth-order valence-corrected chi connectivity index (χ4v) is 3.29. The summed E-state index contributed by atoms with van der Waals surface area (Å²) in [5.74, 6) is 0. The molecule has 0 radical (unpaired) electrons. The molecule has 0 saturated carbocycles. The molecule has 118 valence electrons. The molecule has 20 heavy (non-hydrogen) atoms. The molecule has 2 heterocycles. The molecule has 7 heteroatoms. The average Bonchev–Trinajstić information content (AvgIpc) is 2.84. The lowest BCUT2D eigenvalue weighted by Crippen LogP contribution is -2.46. The molecule has 2 rings (SSSR count). The van der Waals surface area contributed by atoms with E-state index in [1.807, 2.05) is 0 Å². The summed E-state index contributed by atoms with van der Waals surface area (Å²) in [4.78, 5) is 4.81. The van der Waals surface area contributed by atoms with E-state index < -0.39 is 10.1 Å². The van der Waals surface area contributed by atoms with Crippen molar-refractivity contribution in [3.8, 4) is 0 Å². The predicted octanol–water partition coefficient (Wildman–Crippen LogP) is 0.494. The third-order valence-corrected chi connectivity index (χ3v) is 4.69. The van der Waals surface area contributed by atoms with Gasteiger partial charge >= 0.3 is 0 Å². The predicted molar refractivity (Wildman–Crippen MR) is 77.0 cm³/mol. The first kappa shape index (κ1) is 16.2. The number of nitrogens with zero attached hydrogens (tertiary/aromatic N) is 2. The van der Waals surface area contributed by atoms with Crippen LogP contribution in [0.3, 0.4) is 0 Å². The van der Waals surface area contributed by atoms with Gasteiger partial charge in [-0.1, -0.05) is 0 Å². The number of likely N-dealkylation sites (tertiary alicyclic amines) is 1. The third-order valence-electron chi connectivity index (χ3n) is 4.13. The lowest BCUT2D eigenvalue weighted by molar-refractivity contribution is 0.0416. The highest BCUT2D eigenvalue weighted by Gasteiger charge is 2.32. The maximum atomic E-state index is 11.0. The number of hydrogen-bond acceptors (Lipinski definition) is 6. The van der Waals surface area contributed by atoms with Crippen LogP contribution in [0.1, 0.15) is 26.7 Å². The molecule has 0 N–H and O–H groups in total. The van der Waals surface area contributed by atoms with E-state index in [2.05, 4.69) is 23.6 Å². The summed E-state index contributed by atoms with van der Waals surface area (Å²) in [7, 11) is -3.38. The zero-order chi connectivity index (χ0) is 14.8. The molecule has 0 aliphatic carbocycles. The van der Waals surface area contributed by atoms with Crippen LogP contribution in [0.25, 0.3) is 0 Å². The molecule has 2 aliphatic heterocycles. The van der Waals surface area contributed by atoms with Gasteiger partial charge in [-0.05, 0) is 39.8 Å². The molecular formula is C13H26N2O4S. The average molecular weight is 306 g/mol. The molecule has 0 aromatic rings. The van der Waals surface area contributed by atoms with E-state index in [1.165, 1.54) is 0 Å². The van der Waals surface area contributed by atoms with Crippen LogP contribution in [-0.2, 0) is 19.0 Å². The monoisotopic (exact) mass is 306 g/mol. The second kappa shape index (κ2) is 6.70. The lowest BCUT2D eigenvalue weighted by atomic mass is 10.0. The maximum absolute atomic E-state index is 11.0. The first-order valence-corrected chi connectivity index (χ1v) is 9.11. The summed E-state index contributed by atoms with van der Waals surface area (Å²) in [6.45, 7) is 8.20. The summed E-state index contributed by atoms with van der Waals surface area (Å²) in [5, 5.41) is 0. The quantitative estimate of drug-likeness (QED) is 0.689. The van der Waals surface area contributed by atoms with Crippen molar-refractivity contribution in [3.05, 3.63) is 0 Å². The van der Waals surface area contributed by atoms with Gasteiger partial charge in [-0.15, -0.1) is 0 Å². The Morgan fingerprint density at radius 2 is 1.95 bits per heavy atom. The van der Waals surface area contributed by atoms with Crippen molar-refractivity contribution < 1.29 is 17.3 Å². The van der Waals surface area contributed by atoms with Gasteiger partial charge < -0.3 is 9.64 Å². The van der Waals surface area contributed by atoms with Gasteiger partial charge in [-0.25, -0.2) is 0 Å². The zero-order valence-electron chi connectivity index (χ0n) is 12.6. The van der Waals surface area contributed by atoms with Crippen LogP contribution in [0.4, 0.5) is 0 Å². The molecular weight excluding hydrogens is 280 g/mol. The summed E-state index contributed by atoms with van der Waals surface area (Å²) >= 11 is 0. The molecule has 0 bridgehead atoms. The van der Waals surface area contributed by atoms with Crippen LogP contribution in [-0.4, -0.2) is 75.6 Å². The Balaban J connectivity index is 1.74. The first-order chi connectivity index (χ1) is 9.35. The Labute approximate surface area is 122 Å². The van der Waals surface area contributed by atoms with Crippen molar-refractivity contribution >= 4 is 10.1 Å². The van der Waals surface area contributed by atoms with Gasteiger partial charge in [-0.3, -0.25) is 9.08 Å². The van der Waals surface area contributed by atoms with Gasteiger partial charge in [0.2, 0.25) is 0 Å². The minimum absolute atomic E-state index is 0.125. The minimum Gasteiger partial charge on any atom is -0.359 e. The van der Waals surface area contributed by atoms with E-state index in [9.17, 15) is 8.42 Å². The molecule has 0 aromatic carbocycles. The van der Waals surface area contributed by atoms with E-state index in [-0.39, 0.29) is 12.7 Å². The maximum Gasteiger partial charge on any atom is 0.264 e. The van der Waals surface area contributed by atoms with Crippen LogP contribution in [0.2, 0.25) is 0 Å². The number of rotatable bonds is 5. The minimum atomic E-state index is -3.38. The fourth-order valence-electron chi connectivity index (χ4n) is 2.89. The highest BCUT2D eigenvalue weighted by molar-refractivity contribution is 7.85. The molecule has 0 amide bonds. The molecule has 1 atom stereocenters. The van der Waals surface area contributed by atoms with Crippen molar-refractivity contribution in [2.45, 2.75) is 44.9 Å². The van der Waals surface area contributed by atoms with E-state index in [4.69, 9.17) is 8.92 Å². The van der Waals surface area contributed by atoms with Gasteiger partial charge in [0.1, 0.15) is 0 Å². The van der Waals surface area contributed by atoms with Gasteiger partial charge in [-0.2, -0.15) is 8.42 Å². The SMILES string of the molecule is CC(C)N1CCC(N2COC(COS(C)(=O)=O)C2)CC1. The Hall–Kier alpha value is -0.210. The van der Waals surface area contributed by atoms with Gasteiger partial charge in [0.15, 0.2) is 0 Å². The molecule has 2 fully saturated rings. The van der Waals surface area contributed by atoms with Gasteiger partial charge in [0.25, 0.3) is 10.1 Å². The van der Waals surface area contributed by atoms with Crippen molar-refractivity contribution in [3.63, 3.8) is 0 Å². The molecule has 2 aliphatic rings. The highest BCUT2D eigenvalue weighted by Crippen LogP contribution is 2.22. The Morgan fingerprint density at radius 3 is 2.50 bits per heavy atom. The second-order valence-corrected chi connectivity index (χ2v) is 7.68. The normalized spacial score (nSPS) is 27.5. The summed E-state index contributed by atoms with van der Waals surface area (Å²) in [6.07, 6.45) is 3.25. The molecule has 6 nitrogen and oxygen atoms in total. The second-order valence-electron chi connectivity index (χ2n) is 6.04. The Kier molecular flexibility index (Phi) is 5.42. The van der Waals surface area contributed by atoms with E-state index >= 15 is 0 Å². The zero-order valence-corrected chi connectivity index (χ0v) is 13.4. The number of ether oxygens (including phenoxy) is 1. The highest BCUT2D eigenvalue weighted by atomic mass is 32.2. The lowest BCUT2D eigenvalue weighted by Gasteiger charge is -2.37. The summed E-state index contributed by atoms with van der Waals surface area (Å²) < 4.78 is 32.4. The van der Waals surface area contributed by atoms with E-state index in [1.54, 1.807) is 0 Å². The molecule has 0 aromatic heterocycles. The van der Waals surface area contributed by atoms with Crippen LogP contribution < -0.4 is 0 Å². The molecule has 2 saturated heterocycles. The third kappa shape index (κ3) is 4.66. The Bertz CT molecular complexity index is 405. The topological polar surface area (TPSA) is 59.1 Å².